The average Bonchev–Trinajstić information content (AvgIpc) is 2.84. The molecule has 4 rings (SSSR count). The molecule has 2 aromatic carbocycles. The highest BCUT2D eigenvalue weighted by molar-refractivity contribution is 6.01. The van der Waals surface area contributed by atoms with E-state index in [1.165, 1.54) is 12.8 Å². The molecule has 0 aromatic heterocycles. The van der Waals surface area contributed by atoms with Crippen LogP contribution >= 0.6 is 0 Å². The van der Waals surface area contributed by atoms with Gasteiger partial charge in [0.2, 0.25) is 11.7 Å². The quantitative estimate of drug-likeness (QED) is 0.644. The van der Waals surface area contributed by atoms with Gasteiger partial charge in [-0.2, -0.15) is 0 Å². The van der Waals surface area contributed by atoms with Gasteiger partial charge in [-0.05, 0) is 37.1 Å². The van der Waals surface area contributed by atoms with Crippen LogP contribution in [0, 0.1) is 5.92 Å². The fourth-order valence-corrected chi connectivity index (χ4v) is 4.29. The van der Waals surface area contributed by atoms with Crippen LogP contribution in [-0.2, 0) is 16.1 Å². The minimum atomic E-state index is -0.0341. The summed E-state index contributed by atoms with van der Waals surface area (Å²) in [5.74, 6) is 1.88. The molecule has 1 amide bonds. The molecule has 0 spiro atoms. The number of ether oxygens (including phenoxy) is 3. The number of carbonyl (C=O) groups excluding carboxylic acids is 2. The summed E-state index contributed by atoms with van der Waals surface area (Å²) in [6.45, 7) is 0.808. The molecule has 0 saturated heterocycles. The zero-order valence-electron chi connectivity index (χ0n) is 19.5. The number of methoxy groups -OCH3 is 3. The molecule has 1 heterocycles. The highest BCUT2D eigenvalue weighted by atomic mass is 16.5. The van der Waals surface area contributed by atoms with Gasteiger partial charge in [0.25, 0.3) is 0 Å². The summed E-state index contributed by atoms with van der Waals surface area (Å²) in [6.07, 6.45) is 5.42. The van der Waals surface area contributed by atoms with Crippen molar-refractivity contribution in [2.75, 3.05) is 38.1 Å². The number of hydrogen-bond acceptors (Lipinski definition) is 7. The van der Waals surface area contributed by atoms with E-state index in [4.69, 9.17) is 19.9 Å². The van der Waals surface area contributed by atoms with Gasteiger partial charge in [0.15, 0.2) is 11.5 Å². The van der Waals surface area contributed by atoms with Crippen molar-refractivity contribution in [1.82, 2.24) is 0 Å². The Labute approximate surface area is 195 Å². The molecule has 1 saturated carbocycles. The summed E-state index contributed by atoms with van der Waals surface area (Å²) in [5, 5.41) is 2.89. The molecular weight excluding hydrogens is 422 g/mol. The van der Waals surface area contributed by atoms with Crippen molar-refractivity contribution >= 4 is 23.6 Å². The first-order valence-corrected chi connectivity index (χ1v) is 11.1. The van der Waals surface area contributed by atoms with Crippen LogP contribution in [0.3, 0.4) is 0 Å². The first-order valence-electron chi connectivity index (χ1n) is 11.1. The Hall–Kier alpha value is -3.26. The Morgan fingerprint density at radius 1 is 1.03 bits per heavy atom. The van der Waals surface area contributed by atoms with E-state index in [9.17, 15) is 9.59 Å². The molecule has 1 aliphatic carbocycles. The molecule has 2 aliphatic rings. The molecule has 2 aromatic rings. The lowest BCUT2D eigenvalue weighted by Crippen LogP contribution is -2.37. The fraction of sp³-hybridized carbons (Fsp3) is 0.440. The average molecular weight is 456 g/mol. The highest BCUT2D eigenvalue weighted by Crippen LogP contribution is 2.41. The van der Waals surface area contributed by atoms with Crippen LogP contribution in [-0.4, -0.2) is 46.1 Å². The van der Waals surface area contributed by atoms with Gasteiger partial charge in [0.1, 0.15) is 6.29 Å². The number of aldehydes is 1. The second kappa shape index (κ2) is 11.6. The largest absolute Gasteiger partial charge is 0.493 e. The van der Waals surface area contributed by atoms with Crippen molar-refractivity contribution in [3.8, 4) is 17.2 Å². The molecule has 8 nitrogen and oxygen atoms in total. The highest BCUT2D eigenvalue weighted by Gasteiger charge is 2.24. The normalized spacial score (nSPS) is 19.4. The zero-order chi connectivity index (χ0) is 23.8. The molecular formula is C25H33N3O5. The third kappa shape index (κ3) is 5.76. The van der Waals surface area contributed by atoms with Gasteiger partial charge in [-0.3, -0.25) is 4.79 Å². The van der Waals surface area contributed by atoms with Crippen molar-refractivity contribution in [3.05, 3.63) is 42.0 Å². The SMILES string of the molecule is COc1ccc(CN2CC(=O)Nc3ccccc32)c(OC)c1OC.NC1CCCCC1C=O. The van der Waals surface area contributed by atoms with Crippen molar-refractivity contribution in [3.63, 3.8) is 0 Å². The first kappa shape index (κ1) is 24.4. The molecule has 33 heavy (non-hydrogen) atoms. The minimum Gasteiger partial charge on any atom is -0.493 e. The van der Waals surface area contributed by atoms with E-state index in [-0.39, 0.29) is 24.4 Å². The van der Waals surface area contributed by atoms with E-state index < -0.39 is 0 Å². The maximum Gasteiger partial charge on any atom is 0.243 e. The lowest BCUT2D eigenvalue weighted by atomic mass is 9.86. The van der Waals surface area contributed by atoms with E-state index in [1.807, 2.05) is 41.3 Å². The summed E-state index contributed by atoms with van der Waals surface area (Å²) < 4.78 is 16.3. The number of anilines is 2. The molecule has 8 heteroatoms. The number of para-hydroxylation sites is 2. The van der Waals surface area contributed by atoms with Gasteiger partial charge < -0.3 is 35.0 Å². The third-order valence-electron chi connectivity index (χ3n) is 6.05. The number of hydrogen-bond donors (Lipinski definition) is 2. The number of amides is 1. The fourth-order valence-electron chi connectivity index (χ4n) is 4.29. The Bertz CT molecular complexity index is 965. The number of carbonyl (C=O) groups is 2. The smallest absolute Gasteiger partial charge is 0.243 e. The van der Waals surface area contributed by atoms with Gasteiger partial charge in [0, 0.05) is 24.1 Å². The molecule has 1 fully saturated rings. The Morgan fingerprint density at radius 3 is 2.39 bits per heavy atom. The molecule has 2 atom stereocenters. The first-order chi connectivity index (χ1) is 16.0. The second-order valence-electron chi connectivity index (χ2n) is 8.16. The predicted octanol–water partition coefficient (Wildman–Crippen LogP) is 3.37. The molecule has 178 valence electrons. The van der Waals surface area contributed by atoms with Crippen LogP contribution in [0.15, 0.2) is 36.4 Å². The number of benzene rings is 2. The van der Waals surface area contributed by atoms with Gasteiger partial charge in [-0.15, -0.1) is 0 Å². The van der Waals surface area contributed by atoms with E-state index >= 15 is 0 Å². The van der Waals surface area contributed by atoms with Crippen molar-refractivity contribution in [1.29, 1.82) is 0 Å². The summed E-state index contributed by atoms with van der Waals surface area (Å²) in [4.78, 5) is 24.3. The topological polar surface area (TPSA) is 103 Å². The maximum atomic E-state index is 12.0. The molecule has 3 N–H and O–H groups in total. The van der Waals surface area contributed by atoms with Crippen LogP contribution in [0.4, 0.5) is 11.4 Å². The molecule has 1 aliphatic heterocycles. The molecule has 0 radical (unpaired) electrons. The maximum absolute atomic E-state index is 12.0. The van der Waals surface area contributed by atoms with E-state index in [1.54, 1.807) is 21.3 Å². The Balaban J connectivity index is 0.000000286. The van der Waals surface area contributed by atoms with Crippen molar-refractivity contribution < 1.29 is 23.8 Å². The van der Waals surface area contributed by atoms with Gasteiger partial charge in [0.05, 0.1) is 39.2 Å². The second-order valence-corrected chi connectivity index (χ2v) is 8.16. The summed E-state index contributed by atoms with van der Waals surface area (Å²) >= 11 is 0. The van der Waals surface area contributed by atoms with Gasteiger partial charge in [-0.1, -0.05) is 25.0 Å². The third-order valence-corrected chi connectivity index (χ3v) is 6.05. The van der Waals surface area contributed by atoms with E-state index in [0.717, 1.165) is 36.1 Å². The van der Waals surface area contributed by atoms with Crippen LogP contribution in [0.5, 0.6) is 17.2 Å². The lowest BCUT2D eigenvalue weighted by molar-refractivity contribution is -0.115. The van der Waals surface area contributed by atoms with Crippen LogP contribution < -0.4 is 30.2 Å². The summed E-state index contributed by atoms with van der Waals surface area (Å²) in [6, 6.07) is 11.7. The molecule has 0 bridgehead atoms. The monoisotopic (exact) mass is 455 g/mol. The Morgan fingerprint density at radius 2 is 1.76 bits per heavy atom. The standard InChI is InChI=1S/C18H20N2O4.C7H13NO/c1-22-15-9-8-12(17(23-2)18(15)24-3)10-20-11-16(21)19-13-6-4-5-7-14(13)20;8-7-4-2-1-3-6(7)5-9/h4-9H,10-11H2,1-3H3,(H,19,21);5-7H,1-4,8H2. The van der Waals surface area contributed by atoms with Crippen molar-refractivity contribution in [2.45, 2.75) is 38.3 Å². The van der Waals surface area contributed by atoms with Crippen LogP contribution in [0.2, 0.25) is 0 Å². The van der Waals surface area contributed by atoms with Gasteiger partial charge in [-0.25, -0.2) is 0 Å². The molecule has 2 unspecified atom stereocenters. The van der Waals surface area contributed by atoms with E-state index in [2.05, 4.69) is 5.32 Å². The lowest BCUT2D eigenvalue weighted by Gasteiger charge is -2.31. The predicted molar refractivity (Wildman–Crippen MR) is 128 cm³/mol. The van der Waals surface area contributed by atoms with E-state index in [0.29, 0.717) is 23.8 Å². The minimum absolute atomic E-state index is 0.0341. The number of fused-ring (bicyclic) bond motifs is 1. The number of nitrogens with one attached hydrogen (secondary N) is 1. The summed E-state index contributed by atoms with van der Waals surface area (Å²) in [5.41, 5.74) is 8.37. The van der Waals surface area contributed by atoms with Crippen LogP contribution in [0.25, 0.3) is 0 Å². The number of nitrogens with zero attached hydrogens (tertiary/aromatic N) is 1. The van der Waals surface area contributed by atoms with Gasteiger partial charge >= 0.3 is 0 Å². The van der Waals surface area contributed by atoms with Crippen LogP contribution in [0.1, 0.15) is 31.2 Å². The zero-order valence-corrected chi connectivity index (χ0v) is 19.5. The Kier molecular flexibility index (Phi) is 8.54. The van der Waals surface area contributed by atoms with Crippen molar-refractivity contribution in [2.24, 2.45) is 11.7 Å². The summed E-state index contributed by atoms with van der Waals surface area (Å²) in [7, 11) is 4.76. The number of rotatable bonds is 6. The number of nitrogens with two attached hydrogens (primary N) is 1.